The maximum absolute atomic E-state index is 12.9. The summed E-state index contributed by atoms with van der Waals surface area (Å²) in [5, 5.41) is 24.6. The molecule has 2 aliphatic heterocycles. The van der Waals surface area contributed by atoms with E-state index in [-0.39, 0.29) is 37.5 Å². The Morgan fingerprint density at radius 3 is 1.26 bits per heavy atom. The summed E-state index contributed by atoms with van der Waals surface area (Å²) >= 11 is 0. The zero-order valence-electron chi connectivity index (χ0n) is 19.9. The van der Waals surface area contributed by atoms with Crippen molar-refractivity contribution in [2.45, 2.75) is 62.6 Å². The molecule has 2 N–H and O–H groups in total. The monoisotopic (exact) mass is 464 g/mol. The largest absolute Gasteiger partial charge is 0.382 e. The fourth-order valence-electron chi connectivity index (χ4n) is 5.43. The van der Waals surface area contributed by atoms with E-state index in [1.54, 1.807) is 24.3 Å². The summed E-state index contributed by atoms with van der Waals surface area (Å²) in [6, 6.07) is 18.2. The lowest BCUT2D eigenvalue weighted by atomic mass is 9.68. The standard InChI is InChI=1S/C28H36N2O4/c31-25(29-19-7-8-20-29)15-17-27(33,23-11-3-1-4-12-23)28(34,24-13-5-2-6-14-24)18-16-26(32)30-21-9-10-22-30/h1-6,11-14,33-34H,7-10,15-22H2/t27-,28-/m0/s1. The molecule has 6 heteroatoms. The van der Waals surface area contributed by atoms with Crippen LogP contribution in [0.25, 0.3) is 0 Å². The third-order valence-corrected chi connectivity index (χ3v) is 7.51. The minimum absolute atomic E-state index is 0.00425. The first kappa shape index (κ1) is 24.4. The van der Waals surface area contributed by atoms with Gasteiger partial charge in [0.15, 0.2) is 0 Å². The van der Waals surface area contributed by atoms with Crippen molar-refractivity contribution in [3.05, 3.63) is 71.8 Å². The number of aliphatic hydroxyl groups is 2. The van der Waals surface area contributed by atoms with Gasteiger partial charge in [-0.15, -0.1) is 0 Å². The third kappa shape index (κ3) is 5.03. The Morgan fingerprint density at radius 1 is 0.618 bits per heavy atom. The average molecular weight is 465 g/mol. The first-order chi connectivity index (χ1) is 16.4. The Hall–Kier alpha value is -2.70. The van der Waals surface area contributed by atoms with Crippen LogP contribution in [0.1, 0.15) is 62.5 Å². The molecule has 34 heavy (non-hydrogen) atoms. The van der Waals surface area contributed by atoms with E-state index in [1.165, 1.54) is 0 Å². The lowest BCUT2D eigenvalue weighted by Crippen LogP contribution is -2.50. The fraction of sp³-hybridized carbons (Fsp3) is 0.500. The number of carbonyl (C=O) groups is 2. The van der Waals surface area contributed by atoms with E-state index in [0.717, 1.165) is 51.9 Å². The van der Waals surface area contributed by atoms with Gasteiger partial charge in [-0.1, -0.05) is 60.7 Å². The van der Waals surface area contributed by atoms with Crippen LogP contribution >= 0.6 is 0 Å². The Kier molecular flexibility index (Phi) is 7.69. The molecule has 2 fully saturated rings. The molecule has 2 atom stereocenters. The normalized spacial score (nSPS) is 19.6. The van der Waals surface area contributed by atoms with Gasteiger partial charge in [0.1, 0.15) is 11.2 Å². The van der Waals surface area contributed by atoms with E-state index in [1.807, 2.05) is 46.2 Å². The van der Waals surface area contributed by atoms with Crippen LogP contribution in [0.3, 0.4) is 0 Å². The molecule has 0 aromatic heterocycles. The van der Waals surface area contributed by atoms with Crippen LogP contribution in [0.15, 0.2) is 60.7 Å². The summed E-state index contributed by atoms with van der Waals surface area (Å²) in [5.74, 6) is -0.00850. The van der Waals surface area contributed by atoms with Crippen molar-refractivity contribution in [2.75, 3.05) is 26.2 Å². The molecular formula is C28H36N2O4. The summed E-state index contributed by atoms with van der Waals surface area (Å²) in [7, 11) is 0. The third-order valence-electron chi connectivity index (χ3n) is 7.51. The van der Waals surface area contributed by atoms with Crippen molar-refractivity contribution >= 4 is 11.8 Å². The van der Waals surface area contributed by atoms with Crippen LogP contribution in [-0.2, 0) is 20.8 Å². The van der Waals surface area contributed by atoms with Crippen LogP contribution in [0.4, 0.5) is 0 Å². The fourth-order valence-corrected chi connectivity index (χ4v) is 5.43. The highest BCUT2D eigenvalue weighted by molar-refractivity contribution is 5.77. The molecule has 2 saturated heterocycles. The highest BCUT2D eigenvalue weighted by Gasteiger charge is 2.51. The van der Waals surface area contributed by atoms with Crippen molar-refractivity contribution in [3.63, 3.8) is 0 Å². The van der Waals surface area contributed by atoms with Gasteiger partial charge in [-0.2, -0.15) is 0 Å². The van der Waals surface area contributed by atoms with E-state index in [4.69, 9.17) is 0 Å². The van der Waals surface area contributed by atoms with Gasteiger partial charge < -0.3 is 20.0 Å². The minimum Gasteiger partial charge on any atom is -0.382 e. The van der Waals surface area contributed by atoms with Crippen molar-refractivity contribution in [1.82, 2.24) is 9.80 Å². The SMILES string of the molecule is O=C(CC[C@](O)(c1ccccc1)[C@](O)(CCC(=O)N1CCCC1)c1ccccc1)N1CCCC1. The van der Waals surface area contributed by atoms with Gasteiger partial charge in [-0.05, 0) is 49.7 Å². The number of nitrogens with zero attached hydrogens (tertiary/aromatic N) is 2. The summed E-state index contributed by atoms with van der Waals surface area (Å²) in [6.07, 6.45) is 4.39. The molecular weight excluding hydrogens is 428 g/mol. The lowest BCUT2D eigenvalue weighted by Gasteiger charge is -2.45. The Bertz CT molecular complexity index is 875. The predicted molar refractivity (Wildman–Crippen MR) is 131 cm³/mol. The number of amides is 2. The topological polar surface area (TPSA) is 81.1 Å². The molecule has 0 unspecified atom stereocenters. The van der Waals surface area contributed by atoms with Crippen LogP contribution in [0, 0.1) is 0 Å². The molecule has 0 radical (unpaired) electrons. The zero-order chi connectivity index (χ0) is 24.0. The first-order valence-corrected chi connectivity index (χ1v) is 12.6. The molecule has 0 bridgehead atoms. The van der Waals surface area contributed by atoms with Crippen LogP contribution in [-0.4, -0.2) is 58.0 Å². The highest BCUT2D eigenvalue weighted by atomic mass is 16.4. The maximum atomic E-state index is 12.9. The predicted octanol–water partition coefficient (Wildman–Crippen LogP) is 3.57. The van der Waals surface area contributed by atoms with E-state index >= 15 is 0 Å². The molecule has 6 nitrogen and oxygen atoms in total. The number of rotatable bonds is 9. The molecule has 2 aliphatic rings. The molecule has 2 amide bonds. The zero-order valence-corrected chi connectivity index (χ0v) is 19.9. The molecule has 4 rings (SSSR count). The van der Waals surface area contributed by atoms with Crippen LogP contribution in [0.2, 0.25) is 0 Å². The molecule has 0 saturated carbocycles. The van der Waals surface area contributed by atoms with Gasteiger partial charge in [0, 0.05) is 39.0 Å². The van der Waals surface area contributed by atoms with Crippen molar-refractivity contribution in [2.24, 2.45) is 0 Å². The lowest BCUT2D eigenvalue weighted by molar-refractivity contribution is -0.179. The van der Waals surface area contributed by atoms with Gasteiger partial charge in [0.25, 0.3) is 0 Å². The quantitative estimate of drug-likeness (QED) is 0.595. The van der Waals surface area contributed by atoms with Crippen molar-refractivity contribution in [1.29, 1.82) is 0 Å². The number of likely N-dealkylation sites (tertiary alicyclic amines) is 2. The maximum Gasteiger partial charge on any atom is 0.222 e. The molecule has 0 aliphatic carbocycles. The second-order valence-electron chi connectivity index (χ2n) is 9.63. The van der Waals surface area contributed by atoms with Gasteiger partial charge in [-0.3, -0.25) is 9.59 Å². The number of carbonyl (C=O) groups excluding carboxylic acids is 2. The Morgan fingerprint density at radius 2 is 0.941 bits per heavy atom. The van der Waals surface area contributed by atoms with Gasteiger partial charge >= 0.3 is 0 Å². The van der Waals surface area contributed by atoms with E-state index in [2.05, 4.69) is 0 Å². The molecule has 0 spiro atoms. The molecule has 182 valence electrons. The van der Waals surface area contributed by atoms with Gasteiger partial charge in [0.2, 0.25) is 11.8 Å². The summed E-state index contributed by atoms with van der Waals surface area (Å²) in [5.41, 5.74) is -2.39. The van der Waals surface area contributed by atoms with Crippen LogP contribution < -0.4 is 0 Å². The second-order valence-corrected chi connectivity index (χ2v) is 9.63. The average Bonchev–Trinajstić information content (AvgIpc) is 3.61. The molecule has 2 aromatic carbocycles. The second kappa shape index (κ2) is 10.7. The number of hydrogen-bond donors (Lipinski definition) is 2. The Labute approximate surface area is 202 Å². The Balaban J connectivity index is 1.66. The first-order valence-electron chi connectivity index (χ1n) is 12.6. The van der Waals surface area contributed by atoms with Crippen molar-refractivity contribution < 1.29 is 19.8 Å². The van der Waals surface area contributed by atoms with Crippen molar-refractivity contribution in [3.8, 4) is 0 Å². The highest BCUT2D eigenvalue weighted by Crippen LogP contribution is 2.47. The van der Waals surface area contributed by atoms with E-state index < -0.39 is 11.2 Å². The summed E-state index contributed by atoms with van der Waals surface area (Å²) in [4.78, 5) is 29.5. The summed E-state index contributed by atoms with van der Waals surface area (Å²) in [6.45, 7) is 2.98. The summed E-state index contributed by atoms with van der Waals surface area (Å²) < 4.78 is 0. The number of hydrogen-bond acceptors (Lipinski definition) is 4. The van der Waals surface area contributed by atoms with Crippen LogP contribution in [0.5, 0.6) is 0 Å². The van der Waals surface area contributed by atoms with Gasteiger partial charge in [0.05, 0.1) is 0 Å². The van der Waals surface area contributed by atoms with E-state index in [9.17, 15) is 19.8 Å². The molecule has 2 heterocycles. The van der Waals surface area contributed by atoms with E-state index in [0.29, 0.717) is 11.1 Å². The van der Waals surface area contributed by atoms with Gasteiger partial charge in [-0.25, -0.2) is 0 Å². The smallest absolute Gasteiger partial charge is 0.222 e. The molecule has 2 aromatic rings. The number of benzene rings is 2. The minimum atomic E-state index is -1.74.